The Bertz CT molecular complexity index is 388. The van der Waals surface area contributed by atoms with E-state index in [4.69, 9.17) is 0 Å². The van der Waals surface area contributed by atoms with Gasteiger partial charge in [-0.2, -0.15) is 0 Å². The molecular weight excluding hydrogens is 196 g/mol. The van der Waals surface area contributed by atoms with Crippen LogP contribution in [0.1, 0.15) is 38.8 Å². The van der Waals surface area contributed by atoms with Gasteiger partial charge in [-0.3, -0.25) is 4.79 Å². The van der Waals surface area contributed by atoms with E-state index in [0.717, 1.165) is 12.8 Å². The van der Waals surface area contributed by atoms with Gasteiger partial charge in [0.15, 0.2) is 0 Å². The molecule has 1 nitrogen and oxygen atoms in total. The number of rotatable bonds is 0. The molecule has 0 saturated heterocycles. The fourth-order valence-corrected chi connectivity index (χ4v) is 2.93. The van der Waals surface area contributed by atoms with E-state index in [2.05, 4.69) is 52.0 Å². The molecule has 16 heavy (non-hydrogen) atoms. The van der Waals surface area contributed by atoms with Crippen LogP contribution >= 0.6 is 0 Å². The molecule has 2 rings (SSSR count). The first-order chi connectivity index (χ1) is 7.33. The largest absolute Gasteiger partial charge is 0.298 e. The number of fused-ring (bicyclic) bond motifs is 1. The van der Waals surface area contributed by atoms with Crippen molar-refractivity contribution in [2.75, 3.05) is 0 Å². The highest BCUT2D eigenvalue weighted by Gasteiger charge is 2.41. The van der Waals surface area contributed by atoms with Crippen LogP contribution in [-0.4, -0.2) is 5.78 Å². The van der Waals surface area contributed by atoms with Gasteiger partial charge in [-0.1, -0.05) is 52.0 Å². The number of hydrogen-bond donors (Lipinski definition) is 0. The van der Waals surface area contributed by atoms with Gasteiger partial charge in [0.25, 0.3) is 0 Å². The molecule has 1 aromatic rings. The Morgan fingerprint density at radius 2 is 1.25 bits per heavy atom. The number of hydrogen-bond acceptors (Lipinski definition) is 1. The van der Waals surface area contributed by atoms with Crippen LogP contribution in [0.2, 0.25) is 0 Å². The minimum Gasteiger partial charge on any atom is -0.298 e. The van der Waals surface area contributed by atoms with Crippen LogP contribution in [0.25, 0.3) is 0 Å². The van der Waals surface area contributed by atoms with Gasteiger partial charge in [-0.05, 0) is 24.0 Å². The van der Waals surface area contributed by atoms with E-state index in [-0.39, 0.29) is 10.8 Å². The Kier molecular flexibility index (Phi) is 2.45. The zero-order chi connectivity index (χ0) is 12.0. The summed E-state index contributed by atoms with van der Waals surface area (Å²) in [5.74, 6) is 0.385. The minimum atomic E-state index is -0.240. The van der Waals surface area contributed by atoms with E-state index >= 15 is 0 Å². The molecule has 0 N–H and O–H groups in total. The molecule has 1 aromatic carbocycles. The highest BCUT2D eigenvalue weighted by Crippen LogP contribution is 2.39. The maximum Gasteiger partial charge on any atom is 0.144 e. The molecule has 1 aliphatic rings. The summed E-state index contributed by atoms with van der Waals surface area (Å²) in [7, 11) is 0. The van der Waals surface area contributed by atoms with Crippen LogP contribution in [0.5, 0.6) is 0 Å². The third kappa shape index (κ3) is 1.79. The Balaban J connectivity index is 2.54. The van der Waals surface area contributed by atoms with Crippen molar-refractivity contribution in [1.82, 2.24) is 0 Å². The highest BCUT2D eigenvalue weighted by atomic mass is 16.1. The molecule has 0 atom stereocenters. The van der Waals surface area contributed by atoms with Gasteiger partial charge in [0.2, 0.25) is 0 Å². The lowest BCUT2D eigenvalue weighted by Crippen LogP contribution is -2.37. The van der Waals surface area contributed by atoms with Crippen LogP contribution in [0.4, 0.5) is 0 Å². The van der Waals surface area contributed by atoms with Crippen LogP contribution in [-0.2, 0) is 17.6 Å². The Morgan fingerprint density at radius 1 is 0.875 bits per heavy atom. The molecule has 0 spiro atoms. The predicted octanol–water partition coefficient (Wildman–Crippen LogP) is 3.41. The number of benzene rings is 1. The van der Waals surface area contributed by atoms with Gasteiger partial charge >= 0.3 is 0 Å². The molecule has 1 aliphatic carbocycles. The van der Waals surface area contributed by atoms with Gasteiger partial charge in [0, 0.05) is 10.8 Å². The fourth-order valence-electron chi connectivity index (χ4n) is 2.93. The van der Waals surface area contributed by atoms with Crippen LogP contribution in [0, 0.1) is 10.8 Å². The quantitative estimate of drug-likeness (QED) is 0.607. The van der Waals surface area contributed by atoms with Gasteiger partial charge in [-0.25, -0.2) is 0 Å². The van der Waals surface area contributed by atoms with Crippen molar-refractivity contribution in [3.05, 3.63) is 35.4 Å². The Morgan fingerprint density at radius 3 is 1.62 bits per heavy atom. The topological polar surface area (TPSA) is 17.1 Å². The Labute approximate surface area is 97.9 Å². The number of carbonyl (C=O) groups is 1. The molecule has 0 unspecified atom stereocenters. The summed E-state index contributed by atoms with van der Waals surface area (Å²) in [6.45, 7) is 8.27. The van der Waals surface area contributed by atoms with Crippen molar-refractivity contribution in [2.45, 2.75) is 40.5 Å². The Hall–Kier alpha value is -1.11. The van der Waals surface area contributed by atoms with E-state index < -0.39 is 0 Å². The lowest BCUT2D eigenvalue weighted by atomic mass is 9.72. The minimum absolute atomic E-state index is 0.240. The van der Waals surface area contributed by atoms with Crippen molar-refractivity contribution in [1.29, 1.82) is 0 Å². The van der Waals surface area contributed by atoms with Crippen molar-refractivity contribution in [3.63, 3.8) is 0 Å². The van der Waals surface area contributed by atoms with E-state index in [0.29, 0.717) is 5.78 Å². The second-order valence-electron chi connectivity index (χ2n) is 6.22. The monoisotopic (exact) mass is 216 g/mol. The predicted molar refractivity (Wildman–Crippen MR) is 66.4 cm³/mol. The van der Waals surface area contributed by atoms with E-state index in [1.54, 1.807) is 0 Å². The highest BCUT2D eigenvalue weighted by molar-refractivity contribution is 5.90. The van der Waals surface area contributed by atoms with E-state index in [9.17, 15) is 4.79 Å². The summed E-state index contributed by atoms with van der Waals surface area (Å²) < 4.78 is 0. The zero-order valence-corrected chi connectivity index (χ0v) is 10.6. The summed E-state index contributed by atoms with van der Waals surface area (Å²) in [6.07, 6.45) is 1.73. The molecule has 0 amide bonds. The van der Waals surface area contributed by atoms with Crippen LogP contribution < -0.4 is 0 Å². The first-order valence-corrected chi connectivity index (χ1v) is 5.95. The van der Waals surface area contributed by atoms with Crippen LogP contribution in [0.15, 0.2) is 24.3 Å². The van der Waals surface area contributed by atoms with Crippen molar-refractivity contribution in [3.8, 4) is 0 Å². The second-order valence-corrected chi connectivity index (χ2v) is 6.22. The summed E-state index contributed by atoms with van der Waals surface area (Å²) in [4.78, 5) is 12.5. The molecular formula is C15H20O. The molecule has 0 bridgehead atoms. The smallest absolute Gasteiger partial charge is 0.144 e. The first-order valence-electron chi connectivity index (χ1n) is 5.95. The summed E-state index contributed by atoms with van der Waals surface area (Å²) in [5.41, 5.74) is 2.20. The molecule has 0 aromatic heterocycles. The fraction of sp³-hybridized carbons (Fsp3) is 0.533. The number of carbonyl (C=O) groups excluding carboxylic acids is 1. The maximum atomic E-state index is 12.5. The van der Waals surface area contributed by atoms with Crippen molar-refractivity contribution in [2.24, 2.45) is 10.8 Å². The average Bonchev–Trinajstić information content (AvgIpc) is 2.24. The van der Waals surface area contributed by atoms with Gasteiger partial charge < -0.3 is 0 Å². The summed E-state index contributed by atoms with van der Waals surface area (Å²) >= 11 is 0. The molecule has 1 heteroatoms. The van der Waals surface area contributed by atoms with E-state index in [1.807, 2.05) is 0 Å². The number of ketones is 1. The molecule has 0 heterocycles. The third-order valence-corrected chi connectivity index (χ3v) is 3.61. The molecule has 0 radical (unpaired) electrons. The lowest BCUT2D eigenvalue weighted by molar-refractivity contribution is -0.135. The van der Waals surface area contributed by atoms with Crippen LogP contribution in [0.3, 0.4) is 0 Å². The number of Topliss-reactive ketones (excluding diaryl/α,β-unsaturated/α-hetero) is 1. The third-order valence-electron chi connectivity index (χ3n) is 3.61. The molecule has 0 aliphatic heterocycles. The summed E-state index contributed by atoms with van der Waals surface area (Å²) in [5, 5.41) is 0. The average molecular weight is 216 g/mol. The standard InChI is InChI=1S/C15H20O/c1-14(2)9-11-7-5-6-8-12(11)10-15(3,4)13(14)16/h5-8H,9-10H2,1-4H3. The summed E-state index contributed by atoms with van der Waals surface area (Å²) in [6, 6.07) is 8.45. The first kappa shape index (κ1) is 11.4. The molecule has 0 saturated carbocycles. The zero-order valence-electron chi connectivity index (χ0n) is 10.6. The molecule has 0 fully saturated rings. The van der Waals surface area contributed by atoms with E-state index in [1.165, 1.54) is 11.1 Å². The normalized spacial score (nSPS) is 22.4. The second kappa shape index (κ2) is 3.44. The lowest BCUT2D eigenvalue weighted by Gasteiger charge is -2.30. The van der Waals surface area contributed by atoms with Gasteiger partial charge in [0.05, 0.1) is 0 Å². The van der Waals surface area contributed by atoms with Gasteiger partial charge in [-0.15, -0.1) is 0 Å². The van der Waals surface area contributed by atoms with Crippen molar-refractivity contribution < 1.29 is 4.79 Å². The van der Waals surface area contributed by atoms with Crippen molar-refractivity contribution >= 4 is 5.78 Å². The SMILES string of the molecule is CC1(C)Cc2ccccc2CC(C)(C)C1=O. The van der Waals surface area contributed by atoms with Gasteiger partial charge in [0.1, 0.15) is 5.78 Å². The molecule has 86 valence electrons. The maximum absolute atomic E-state index is 12.5.